The van der Waals surface area contributed by atoms with Gasteiger partial charge in [-0.05, 0) is 20.8 Å². The predicted octanol–water partition coefficient (Wildman–Crippen LogP) is -0.180. The van der Waals surface area contributed by atoms with Gasteiger partial charge < -0.3 is 11.0 Å². The summed E-state index contributed by atoms with van der Waals surface area (Å²) in [5.74, 6) is 5.07. The summed E-state index contributed by atoms with van der Waals surface area (Å²) in [7, 11) is 0. The summed E-state index contributed by atoms with van der Waals surface area (Å²) in [4.78, 5) is 4.15. The van der Waals surface area contributed by atoms with Gasteiger partial charge >= 0.3 is 0 Å². The maximum Gasteiger partial charge on any atom is 0.208 e. The molecule has 0 radical (unpaired) electrons. The maximum atomic E-state index is 9.46. The maximum absolute atomic E-state index is 9.46. The Hall–Kier alpha value is -1.52. The van der Waals surface area contributed by atoms with Gasteiger partial charge in [0.2, 0.25) is 5.49 Å². The highest BCUT2D eigenvalue weighted by molar-refractivity contribution is 5.10. The smallest absolute Gasteiger partial charge is 0.208 e. The Bertz CT molecular complexity index is 366. The summed E-state index contributed by atoms with van der Waals surface area (Å²) < 4.78 is 0.942. The molecule has 0 spiro atoms. The van der Waals surface area contributed by atoms with Crippen LogP contribution in [-0.2, 0) is 0 Å². The van der Waals surface area contributed by atoms with E-state index in [-0.39, 0.29) is 5.49 Å². The van der Waals surface area contributed by atoms with Gasteiger partial charge in [0, 0.05) is 0 Å². The monoisotopic (exact) mass is 168 g/mol. The van der Waals surface area contributed by atoms with Crippen molar-refractivity contribution in [2.24, 2.45) is 10.9 Å². The topological polar surface area (TPSA) is 76.4 Å². The Balaban J connectivity index is 3.64. The van der Waals surface area contributed by atoms with Crippen LogP contribution in [0.3, 0.4) is 0 Å². The first-order valence-electron chi connectivity index (χ1n) is 3.58. The zero-order valence-corrected chi connectivity index (χ0v) is 7.37. The van der Waals surface area contributed by atoms with Crippen molar-refractivity contribution < 1.29 is 5.21 Å². The number of hydrogen-bond acceptors (Lipinski definition) is 4. The van der Waals surface area contributed by atoms with Gasteiger partial charge in [-0.2, -0.15) is 9.83 Å². The summed E-state index contributed by atoms with van der Waals surface area (Å²) in [5.41, 5.74) is 2.31. The molecule has 0 unspecified atom stereocenters. The average Bonchev–Trinajstić information content (AvgIpc) is 2.01. The van der Waals surface area contributed by atoms with E-state index in [9.17, 15) is 5.21 Å². The minimum Gasteiger partial charge on any atom is -0.426 e. The molecule has 0 saturated heterocycles. The molecule has 0 fully saturated rings. The quantitative estimate of drug-likeness (QED) is 0.320. The van der Waals surface area contributed by atoms with Crippen LogP contribution in [-0.4, -0.2) is 14.9 Å². The fraction of sp³-hybridized carbons (Fsp3) is 0.429. The average molecular weight is 168 g/mol. The molecule has 5 nitrogen and oxygen atoms in total. The molecule has 1 aromatic rings. The van der Waals surface area contributed by atoms with Crippen molar-refractivity contribution >= 4 is 0 Å². The van der Waals surface area contributed by atoms with Gasteiger partial charge in [-0.25, -0.2) is 0 Å². The molecule has 0 saturated carbocycles. The molecule has 1 rings (SSSR count). The largest absolute Gasteiger partial charge is 0.426 e. The third-order valence-electron chi connectivity index (χ3n) is 1.82. The Morgan fingerprint density at radius 2 is 1.92 bits per heavy atom. The lowest BCUT2D eigenvalue weighted by molar-refractivity contribution is 0.162. The highest BCUT2D eigenvalue weighted by atomic mass is 16.5. The Morgan fingerprint density at radius 1 is 1.33 bits per heavy atom. The number of nitrogens with two attached hydrogens (primary N) is 1. The van der Waals surface area contributed by atoms with Gasteiger partial charge in [0.15, 0.2) is 0 Å². The fourth-order valence-electron chi connectivity index (χ4n) is 0.996. The molecule has 1 aromatic heterocycles. The summed E-state index contributed by atoms with van der Waals surface area (Å²) >= 11 is 0. The highest BCUT2D eigenvalue weighted by Crippen LogP contribution is 1.98. The van der Waals surface area contributed by atoms with E-state index in [1.54, 1.807) is 13.8 Å². The van der Waals surface area contributed by atoms with Crippen LogP contribution < -0.4 is 11.3 Å². The molecule has 0 aromatic carbocycles. The second-order valence-electron chi connectivity index (χ2n) is 2.63. The molecule has 0 amide bonds. The van der Waals surface area contributed by atoms with Crippen molar-refractivity contribution in [3.8, 4) is 0 Å². The van der Waals surface area contributed by atoms with Gasteiger partial charge in [0.05, 0.1) is 17.1 Å². The number of hydrogen-bond donors (Lipinski definition) is 2. The molecular formula is C7H12N4O. The first kappa shape index (κ1) is 8.58. The lowest BCUT2D eigenvalue weighted by atomic mass is 10.3. The van der Waals surface area contributed by atoms with Crippen LogP contribution in [0.5, 0.6) is 0 Å². The van der Waals surface area contributed by atoms with Gasteiger partial charge in [0.1, 0.15) is 0 Å². The van der Waals surface area contributed by atoms with Crippen molar-refractivity contribution in [3.05, 3.63) is 22.6 Å². The Kier molecular flexibility index (Phi) is 2.03. The standard InChI is InChI=1S/C7H12N4O/c1-4-6(3)11(12)7(10-8)5(2)9-4/h12H,8H2,1-3H3. The summed E-state index contributed by atoms with van der Waals surface area (Å²) in [6.45, 7) is 5.30. The van der Waals surface area contributed by atoms with E-state index in [1.165, 1.54) is 0 Å². The minimum atomic E-state index is 0.290. The van der Waals surface area contributed by atoms with E-state index in [0.717, 1.165) is 10.4 Å². The molecule has 0 bridgehead atoms. The summed E-state index contributed by atoms with van der Waals surface area (Å²) in [6, 6.07) is 0. The van der Waals surface area contributed by atoms with E-state index in [4.69, 9.17) is 5.84 Å². The van der Waals surface area contributed by atoms with Gasteiger partial charge in [-0.1, -0.05) is 0 Å². The zero-order valence-electron chi connectivity index (χ0n) is 7.37. The molecule has 12 heavy (non-hydrogen) atoms. The van der Waals surface area contributed by atoms with Crippen LogP contribution in [0, 0.1) is 20.8 Å². The number of rotatable bonds is 0. The van der Waals surface area contributed by atoms with Gasteiger partial charge in [-0.3, -0.25) is 4.98 Å². The zero-order chi connectivity index (χ0) is 9.30. The SMILES string of the molecule is Cc1nc(C)c(=NN)n(O)c1C. The summed E-state index contributed by atoms with van der Waals surface area (Å²) in [6.07, 6.45) is 0. The van der Waals surface area contributed by atoms with Crippen molar-refractivity contribution in [1.29, 1.82) is 0 Å². The van der Waals surface area contributed by atoms with Crippen LogP contribution >= 0.6 is 0 Å². The predicted molar refractivity (Wildman–Crippen MR) is 43.4 cm³/mol. The Labute approximate surface area is 70.1 Å². The van der Waals surface area contributed by atoms with E-state index in [0.29, 0.717) is 11.4 Å². The molecule has 5 heteroatoms. The normalized spacial score (nSPS) is 12.1. The third kappa shape index (κ3) is 1.13. The highest BCUT2D eigenvalue weighted by Gasteiger charge is 2.04. The molecule has 66 valence electrons. The third-order valence-corrected chi connectivity index (χ3v) is 1.82. The van der Waals surface area contributed by atoms with Crippen molar-refractivity contribution in [2.75, 3.05) is 0 Å². The fourth-order valence-corrected chi connectivity index (χ4v) is 0.996. The first-order chi connectivity index (χ1) is 5.57. The van der Waals surface area contributed by atoms with Gasteiger partial charge in [0.25, 0.3) is 0 Å². The van der Waals surface area contributed by atoms with E-state index in [1.807, 2.05) is 6.92 Å². The van der Waals surface area contributed by atoms with Crippen molar-refractivity contribution in [3.63, 3.8) is 0 Å². The van der Waals surface area contributed by atoms with Crippen LogP contribution in [0.2, 0.25) is 0 Å². The number of nitrogens with zero attached hydrogens (tertiary/aromatic N) is 3. The lowest BCUT2D eigenvalue weighted by Crippen LogP contribution is -2.27. The molecule has 0 atom stereocenters. The Morgan fingerprint density at radius 3 is 2.42 bits per heavy atom. The molecule has 0 aliphatic heterocycles. The molecular weight excluding hydrogens is 156 g/mol. The minimum absolute atomic E-state index is 0.290. The second-order valence-corrected chi connectivity index (χ2v) is 2.63. The lowest BCUT2D eigenvalue weighted by Gasteiger charge is -2.06. The van der Waals surface area contributed by atoms with Crippen LogP contribution in [0.4, 0.5) is 0 Å². The van der Waals surface area contributed by atoms with E-state index in [2.05, 4.69) is 10.1 Å². The molecule has 1 heterocycles. The first-order valence-corrected chi connectivity index (χ1v) is 3.58. The molecule has 0 aliphatic rings. The van der Waals surface area contributed by atoms with E-state index >= 15 is 0 Å². The number of aryl methyl sites for hydroxylation is 2. The van der Waals surface area contributed by atoms with Crippen LogP contribution in [0.1, 0.15) is 17.1 Å². The van der Waals surface area contributed by atoms with Crippen molar-refractivity contribution in [1.82, 2.24) is 9.71 Å². The van der Waals surface area contributed by atoms with Crippen LogP contribution in [0.15, 0.2) is 5.10 Å². The van der Waals surface area contributed by atoms with Gasteiger partial charge in [-0.15, -0.1) is 0 Å². The van der Waals surface area contributed by atoms with E-state index < -0.39 is 0 Å². The van der Waals surface area contributed by atoms with Crippen LogP contribution in [0.25, 0.3) is 0 Å². The molecule has 3 N–H and O–H groups in total. The second kappa shape index (κ2) is 2.84. The summed E-state index contributed by atoms with van der Waals surface area (Å²) in [5, 5.41) is 12.9. The number of aromatic nitrogens is 2. The van der Waals surface area contributed by atoms with Crippen molar-refractivity contribution in [2.45, 2.75) is 20.8 Å². The molecule has 0 aliphatic carbocycles.